The van der Waals surface area contributed by atoms with E-state index >= 15 is 0 Å². The Labute approximate surface area is 128 Å². The quantitative estimate of drug-likeness (QED) is 0.914. The highest BCUT2D eigenvalue weighted by molar-refractivity contribution is 5.89. The van der Waals surface area contributed by atoms with Gasteiger partial charge in [-0.25, -0.2) is 4.79 Å². The van der Waals surface area contributed by atoms with Crippen LogP contribution in [0.25, 0.3) is 0 Å². The first-order valence-corrected chi connectivity index (χ1v) is 6.99. The summed E-state index contributed by atoms with van der Waals surface area (Å²) in [5.41, 5.74) is 1.43. The van der Waals surface area contributed by atoms with Gasteiger partial charge in [-0.2, -0.15) is 0 Å². The molecular formula is C16H17N3O3. The van der Waals surface area contributed by atoms with Crippen molar-refractivity contribution in [3.05, 3.63) is 48.3 Å². The Balaban J connectivity index is 1.59. The largest absolute Gasteiger partial charge is 0.449 e. The molecule has 2 amide bonds. The van der Waals surface area contributed by atoms with Crippen LogP contribution in [-0.2, 0) is 6.54 Å². The number of nitrogens with one attached hydrogen (secondary N) is 2. The summed E-state index contributed by atoms with van der Waals surface area (Å²) in [5.74, 6) is 0.610. The smallest absolute Gasteiger partial charge is 0.319 e. The van der Waals surface area contributed by atoms with Crippen LogP contribution in [0.5, 0.6) is 11.5 Å². The second-order valence-electron chi connectivity index (χ2n) is 5.39. The molecule has 0 spiro atoms. The summed E-state index contributed by atoms with van der Waals surface area (Å²) in [7, 11) is 0. The molecule has 0 fully saturated rings. The lowest BCUT2D eigenvalue weighted by Gasteiger charge is -2.16. The van der Waals surface area contributed by atoms with E-state index in [1.54, 1.807) is 24.4 Å². The van der Waals surface area contributed by atoms with E-state index in [4.69, 9.17) is 9.47 Å². The third-order valence-electron chi connectivity index (χ3n) is 3.07. The van der Waals surface area contributed by atoms with Crippen molar-refractivity contribution in [3.8, 4) is 11.5 Å². The molecule has 2 N–H and O–H groups in total. The number of benzene rings is 1. The van der Waals surface area contributed by atoms with E-state index in [9.17, 15) is 4.79 Å². The fourth-order valence-corrected chi connectivity index (χ4v) is 2.15. The number of hydrogen-bond acceptors (Lipinski definition) is 4. The summed E-state index contributed by atoms with van der Waals surface area (Å²) in [6.07, 6.45) is 1.69. The number of aromatic nitrogens is 1. The molecule has 0 saturated carbocycles. The minimum atomic E-state index is -0.678. The van der Waals surface area contributed by atoms with Gasteiger partial charge < -0.3 is 20.1 Å². The highest BCUT2D eigenvalue weighted by Gasteiger charge is 2.31. The van der Waals surface area contributed by atoms with Crippen molar-refractivity contribution in [2.45, 2.75) is 26.2 Å². The van der Waals surface area contributed by atoms with Gasteiger partial charge >= 0.3 is 6.03 Å². The minimum absolute atomic E-state index is 0.302. The number of nitrogens with zero attached hydrogens (tertiary/aromatic N) is 1. The Hall–Kier alpha value is -2.76. The number of amides is 2. The van der Waals surface area contributed by atoms with Crippen LogP contribution in [0, 0.1) is 0 Å². The Morgan fingerprint density at radius 3 is 2.77 bits per heavy atom. The van der Waals surface area contributed by atoms with Gasteiger partial charge in [-0.3, -0.25) is 4.98 Å². The molecule has 0 radical (unpaired) electrons. The molecule has 6 nitrogen and oxygen atoms in total. The summed E-state index contributed by atoms with van der Waals surface area (Å²) in [6, 6.07) is 10.5. The van der Waals surface area contributed by atoms with E-state index in [0.717, 1.165) is 5.69 Å². The predicted octanol–water partition coefficient (Wildman–Crippen LogP) is 2.91. The molecule has 2 aromatic rings. The second-order valence-corrected chi connectivity index (χ2v) is 5.39. The maximum atomic E-state index is 11.9. The molecule has 6 heteroatoms. The Kier molecular flexibility index (Phi) is 3.58. The van der Waals surface area contributed by atoms with Crippen molar-refractivity contribution < 1.29 is 14.3 Å². The average molecular weight is 299 g/mol. The van der Waals surface area contributed by atoms with Crippen LogP contribution >= 0.6 is 0 Å². The number of anilines is 1. The van der Waals surface area contributed by atoms with E-state index < -0.39 is 5.79 Å². The average Bonchev–Trinajstić information content (AvgIpc) is 2.79. The van der Waals surface area contributed by atoms with Crippen molar-refractivity contribution >= 4 is 11.7 Å². The molecule has 1 aliphatic rings. The zero-order valence-electron chi connectivity index (χ0n) is 12.4. The summed E-state index contributed by atoms with van der Waals surface area (Å²) < 4.78 is 11.2. The molecule has 1 aromatic carbocycles. The van der Waals surface area contributed by atoms with E-state index in [1.165, 1.54) is 0 Å². The molecular weight excluding hydrogens is 282 g/mol. The maximum absolute atomic E-state index is 11.9. The fraction of sp³-hybridized carbons (Fsp3) is 0.250. The standard InChI is InChI=1S/C16H17N3O3/c1-16(2)21-13-7-6-11(9-14(13)22-16)19-15(20)18-10-12-5-3-4-8-17-12/h3-9H,10H2,1-2H3,(H2,18,19,20). The van der Waals surface area contributed by atoms with Gasteiger partial charge in [0.05, 0.1) is 12.2 Å². The summed E-state index contributed by atoms with van der Waals surface area (Å²) in [5, 5.41) is 5.50. The number of carbonyl (C=O) groups excluding carboxylic acids is 1. The van der Waals surface area contributed by atoms with Crippen LogP contribution in [0.3, 0.4) is 0 Å². The van der Waals surface area contributed by atoms with Crippen LogP contribution in [0.2, 0.25) is 0 Å². The lowest BCUT2D eigenvalue weighted by molar-refractivity contribution is -0.0431. The third-order valence-corrected chi connectivity index (χ3v) is 3.07. The topological polar surface area (TPSA) is 72.5 Å². The molecule has 1 aliphatic heterocycles. The number of urea groups is 1. The van der Waals surface area contributed by atoms with Crippen molar-refractivity contribution in [1.82, 2.24) is 10.3 Å². The van der Waals surface area contributed by atoms with Gasteiger partial charge in [0.1, 0.15) is 0 Å². The summed E-state index contributed by atoms with van der Waals surface area (Å²) in [6.45, 7) is 4.03. The Bertz CT molecular complexity index is 686. The molecule has 3 rings (SSSR count). The molecule has 0 atom stereocenters. The van der Waals surface area contributed by atoms with Crippen molar-refractivity contribution in [2.24, 2.45) is 0 Å². The first kappa shape index (κ1) is 14.2. The Morgan fingerprint density at radius 2 is 2.00 bits per heavy atom. The first-order chi connectivity index (χ1) is 10.5. The number of rotatable bonds is 3. The zero-order valence-corrected chi connectivity index (χ0v) is 12.4. The number of hydrogen-bond donors (Lipinski definition) is 2. The second kappa shape index (κ2) is 5.55. The van der Waals surface area contributed by atoms with Gasteiger partial charge in [0.25, 0.3) is 0 Å². The van der Waals surface area contributed by atoms with Gasteiger partial charge in [-0.1, -0.05) is 6.07 Å². The van der Waals surface area contributed by atoms with E-state index in [1.807, 2.05) is 32.0 Å². The number of carbonyl (C=O) groups is 1. The molecule has 0 saturated heterocycles. The maximum Gasteiger partial charge on any atom is 0.319 e. The van der Waals surface area contributed by atoms with Gasteiger partial charge in [0.15, 0.2) is 11.5 Å². The Morgan fingerprint density at radius 1 is 1.18 bits per heavy atom. The fourth-order valence-electron chi connectivity index (χ4n) is 2.15. The first-order valence-electron chi connectivity index (χ1n) is 6.99. The number of fused-ring (bicyclic) bond motifs is 1. The third kappa shape index (κ3) is 3.28. The minimum Gasteiger partial charge on any atom is -0.449 e. The van der Waals surface area contributed by atoms with Crippen molar-refractivity contribution in [2.75, 3.05) is 5.32 Å². The molecule has 0 unspecified atom stereocenters. The number of pyridine rings is 1. The van der Waals surface area contributed by atoms with E-state index in [-0.39, 0.29) is 6.03 Å². The SMILES string of the molecule is CC1(C)Oc2ccc(NC(=O)NCc3ccccn3)cc2O1. The van der Waals surface area contributed by atoms with Crippen LogP contribution in [0.15, 0.2) is 42.6 Å². The highest BCUT2D eigenvalue weighted by atomic mass is 16.7. The molecule has 2 heterocycles. The molecule has 114 valence electrons. The van der Waals surface area contributed by atoms with Crippen LogP contribution < -0.4 is 20.1 Å². The van der Waals surface area contributed by atoms with Crippen LogP contribution in [0.1, 0.15) is 19.5 Å². The zero-order chi connectivity index (χ0) is 15.6. The van der Waals surface area contributed by atoms with Crippen molar-refractivity contribution in [3.63, 3.8) is 0 Å². The highest BCUT2D eigenvalue weighted by Crippen LogP contribution is 2.40. The molecule has 1 aromatic heterocycles. The van der Waals surface area contributed by atoms with Crippen LogP contribution in [0.4, 0.5) is 10.5 Å². The van der Waals surface area contributed by atoms with Gasteiger partial charge in [-0.15, -0.1) is 0 Å². The van der Waals surface area contributed by atoms with Gasteiger partial charge in [0.2, 0.25) is 5.79 Å². The van der Waals surface area contributed by atoms with Gasteiger partial charge in [-0.05, 0) is 24.3 Å². The normalized spacial score (nSPS) is 14.5. The van der Waals surface area contributed by atoms with Crippen molar-refractivity contribution in [1.29, 1.82) is 0 Å². The molecule has 0 bridgehead atoms. The molecule has 22 heavy (non-hydrogen) atoms. The van der Waals surface area contributed by atoms with Gasteiger partial charge in [0, 0.05) is 31.8 Å². The summed E-state index contributed by atoms with van der Waals surface area (Å²) >= 11 is 0. The predicted molar refractivity (Wildman–Crippen MR) is 81.9 cm³/mol. The van der Waals surface area contributed by atoms with Crippen LogP contribution in [-0.4, -0.2) is 16.8 Å². The van der Waals surface area contributed by atoms with E-state index in [0.29, 0.717) is 23.7 Å². The van der Waals surface area contributed by atoms with E-state index in [2.05, 4.69) is 15.6 Å². The number of ether oxygens (including phenoxy) is 2. The molecule has 0 aliphatic carbocycles. The monoisotopic (exact) mass is 299 g/mol. The summed E-state index contributed by atoms with van der Waals surface area (Å²) in [4.78, 5) is 16.0. The lowest BCUT2D eigenvalue weighted by Crippen LogP contribution is -2.29. The lowest BCUT2D eigenvalue weighted by atomic mass is 10.3.